The molecule has 41 heavy (non-hydrogen) atoms. The Hall–Kier alpha value is -3.74. The molecule has 224 valence electrons. The molecule has 2 unspecified atom stereocenters. The lowest BCUT2D eigenvalue weighted by Gasteiger charge is -2.25. The molecule has 0 aliphatic heterocycles. The Kier molecular flexibility index (Phi) is 12.5. The molecule has 2 rings (SSSR count). The third kappa shape index (κ3) is 10.6. The lowest BCUT2D eigenvalue weighted by Crippen LogP contribution is -2.54. The van der Waals surface area contributed by atoms with Crippen molar-refractivity contribution in [1.29, 1.82) is 0 Å². The molecule has 0 fully saturated rings. The van der Waals surface area contributed by atoms with Crippen molar-refractivity contribution in [3.63, 3.8) is 0 Å². The zero-order chi connectivity index (χ0) is 30.7. The maximum absolute atomic E-state index is 13.1. The number of methoxy groups -OCH3 is 2. The third-order valence-electron chi connectivity index (χ3n) is 5.96. The second-order valence-corrected chi connectivity index (χ2v) is 10.4. The Morgan fingerprint density at radius 2 is 1.71 bits per heavy atom. The van der Waals surface area contributed by atoms with Crippen molar-refractivity contribution >= 4 is 35.3 Å². The summed E-state index contributed by atoms with van der Waals surface area (Å²) >= 11 is 0.996. The number of hydrogen-bond acceptors (Lipinski definition) is 7. The number of carboxylic acids is 1. The first-order chi connectivity index (χ1) is 19.2. The Labute approximate surface area is 240 Å². The van der Waals surface area contributed by atoms with Crippen LogP contribution in [0.25, 0.3) is 0 Å². The topological polar surface area (TPSA) is 131 Å². The number of benzene rings is 2. The van der Waals surface area contributed by atoms with E-state index in [1.165, 1.54) is 26.4 Å². The fourth-order valence-electron chi connectivity index (χ4n) is 3.84. The van der Waals surface area contributed by atoms with Crippen LogP contribution < -0.4 is 20.1 Å². The smallest absolute Gasteiger partial charge is 0.416 e. The van der Waals surface area contributed by atoms with E-state index >= 15 is 0 Å². The first-order valence-electron chi connectivity index (χ1n) is 12.5. The summed E-state index contributed by atoms with van der Waals surface area (Å²) in [6.07, 6.45) is -5.34. The van der Waals surface area contributed by atoms with E-state index in [2.05, 4.69) is 10.6 Å². The maximum Gasteiger partial charge on any atom is 0.416 e. The van der Waals surface area contributed by atoms with Crippen molar-refractivity contribution in [2.75, 3.05) is 20.0 Å². The molecule has 2 amide bonds. The molecule has 0 aliphatic rings. The minimum atomic E-state index is -4.50. The van der Waals surface area contributed by atoms with E-state index in [0.717, 1.165) is 23.9 Å². The van der Waals surface area contributed by atoms with E-state index in [0.29, 0.717) is 22.6 Å². The van der Waals surface area contributed by atoms with Crippen LogP contribution in [0.15, 0.2) is 42.5 Å². The fraction of sp³-hybridized carbons (Fsp3) is 0.429. The van der Waals surface area contributed by atoms with Gasteiger partial charge in [-0.2, -0.15) is 13.2 Å². The highest BCUT2D eigenvalue weighted by Crippen LogP contribution is 2.30. The lowest BCUT2D eigenvalue weighted by atomic mass is 10.0. The fourth-order valence-corrected chi connectivity index (χ4v) is 4.76. The van der Waals surface area contributed by atoms with Gasteiger partial charge in [0.25, 0.3) is 0 Å². The van der Waals surface area contributed by atoms with Gasteiger partial charge in [0.05, 0.1) is 44.4 Å². The Morgan fingerprint density at radius 1 is 1.00 bits per heavy atom. The first-order valence-corrected chi connectivity index (χ1v) is 13.7. The number of amides is 2. The molecular formula is C28H33F3N2O7S. The average Bonchev–Trinajstić information content (AvgIpc) is 2.90. The lowest BCUT2D eigenvalue weighted by molar-refractivity contribution is -0.140. The first kappa shape index (κ1) is 33.5. The van der Waals surface area contributed by atoms with Crippen molar-refractivity contribution in [2.45, 2.75) is 50.7 Å². The molecule has 13 heteroatoms. The van der Waals surface area contributed by atoms with Gasteiger partial charge in [0, 0.05) is 11.3 Å². The van der Waals surface area contributed by atoms with Crippen molar-refractivity contribution < 1.29 is 46.9 Å². The second-order valence-electron chi connectivity index (χ2n) is 9.46. The van der Waals surface area contributed by atoms with Crippen LogP contribution in [0.2, 0.25) is 0 Å². The number of ketones is 1. The van der Waals surface area contributed by atoms with Crippen LogP contribution >= 0.6 is 11.8 Å². The standard InChI is InChI=1S/C28H33F3N2O7S/c1-16(2)26(33-24(35)12-18-11-20(39-3)8-9-23(18)40-4)27(38)32-21(13-25(36)37)22(34)15-41-14-17-6-5-7-19(10-17)28(29,30)31/h5-11,16,21,26H,12-15H2,1-4H3,(H,32,38)(H,33,35)(H,36,37). The van der Waals surface area contributed by atoms with E-state index in [1.54, 1.807) is 32.0 Å². The minimum Gasteiger partial charge on any atom is -0.497 e. The Bertz CT molecular complexity index is 1240. The van der Waals surface area contributed by atoms with E-state index in [-0.39, 0.29) is 17.9 Å². The monoisotopic (exact) mass is 598 g/mol. The van der Waals surface area contributed by atoms with Gasteiger partial charge in [-0.3, -0.25) is 19.2 Å². The number of hydrogen-bond donors (Lipinski definition) is 3. The quantitative estimate of drug-likeness (QED) is 0.282. The third-order valence-corrected chi connectivity index (χ3v) is 6.98. The normalized spacial score (nSPS) is 12.8. The molecule has 0 aliphatic carbocycles. The molecule has 2 atom stereocenters. The molecule has 9 nitrogen and oxygen atoms in total. The highest BCUT2D eigenvalue weighted by Gasteiger charge is 2.31. The van der Waals surface area contributed by atoms with Crippen LogP contribution in [-0.4, -0.2) is 60.7 Å². The summed E-state index contributed by atoms with van der Waals surface area (Å²) in [5.74, 6) is -2.84. The van der Waals surface area contributed by atoms with Crippen LogP contribution in [0.5, 0.6) is 11.5 Å². The molecule has 2 aromatic carbocycles. The van der Waals surface area contributed by atoms with Gasteiger partial charge in [0.1, 0.15) is 17.5 Å². The van der Waals surface area contributed by atoms with Crippen molar-refractivity contribution in [3.05, 3.63) is 59.2 Å². The zero-order valence-corrected chi connectivity index (χ0v) is 23.9. The Balaban J connectivity index is 2.06. The SMILES string of the molecule is COc1ccc(OC)c(CC(=O)NC(C(=O)NC(CC(=O)O)C(=O)CSCc2cccc(C(F)(F)F)c2)C(C)C)c1. The van der Waals surface area contributed by atoms with E-state index in [4.69, 9.17) is 9.47 Å². The minimum absolute atomic E-state index is 0.0712. The van der Waals surface area contributed by atoms with Crippen molar-refractivity contribution in [3.8, 4) is 11.5 Å². The number of carboxylic acid groups (broad SMARTS) is 1. The van der Waals surface area contributed by atoms with Crippen LogP contribution in [-0.2, 0) is 37.5 Å². The summed E-state index contributed by atoms with van der Waals surface area (Å²) in [5, 5.41) is 14.4. The number of rotatable bonds is 15. The highest BCUT2D eigenvalue weighted by molar-refractivity contribution is 7.99. The van der Waals surface area contributed by atoms with Gasteiger partial charge in [0.15, 0.2) is 5.78 Å². The van der Waals surface area contributed by atoms with Gasteiger partial charge in [-0.25, -0.2) is 0 Å². The zero-order valence-electron chi connectivity index (χ0n) is 23.0. The number of carbonyl (C=O) groups excluding carboxylic acids is 3. The number of aliphatic carboxylic acids is 1. The largest absolute Gasteiger partial charge is 0.497 e. The van der Waals surface area contributed by atoms with Gasteiger partial charge in [-0.15, -0.1) is 11.8 Å². The highest BCUT2D eigenvalue weighted by atomic mass is 32.2. The molecule has 0 bridgehead atoms. The number of thioether (sulfide) groups is 1. The molecule has 0 saturated heterocycles. The van der Waals surface area contributed by atoms with Gasteiger partial charge < -0.3 is 25.2 Å². The van der Waals surface area contributed by atoms with E-state index in [9.17, 15) is 37.5 Å². The average molecular weight is 599 g/mol. The van der Waals surface area contributed by atoms with Crippen molar-refractivity contribution in [2.24, 2.45) is 5.92 Å². The van der Waals surface area contributed by atoms with Crippen LogP contribution in [0, 0.1) is 5.92 Å². The summed E-state index contributed by atoms with van der Waals surface area (Å²) in [5.41, 5.74) is 0.0419. The summed E-state index contributed by atoms with van der Waals surface area (Å²) < 4.78 is 49.3. The summed E-state index contributed by atoms with van der Waals surface area (Å²) in [6.45, 7) is 3.35. The molecule has 2 aromatic rings. The molecule has 0 heterocycles. The second kappa shape index (κ2) is 15.3. The molecule has 0 spiro atoms. The van der Waals surface area contributed by atoms with Gasteiger partial charge >= 0.3 is 12.1 Å². The van der Waals surface area contributed by atoms with Gasteiger partial charge in [0.2, 0.25) is 11.8 Å². The summed E-state index contributed by atoms with van der Waals surface area (Å²) in [4.78, 5) is 50.2. The number of Topliss-reactive ketones (excluding diaryl/α,β-unsaturated/α-hetero) is 1. The molecule has 0 radical (unpaired) electrons. The maximum atomic E-state index is 13.1. The molecule has 0 aromatic heterocycles. The van der Waals surface area contributed by atoms with Gasteiger partial charge in [-0.05, 0) is 35.7 Å². The number of ether oxygens (including phenoxy) is 2. The van der Waals surface area contributed by atoms with E-state index in [1.807, 2.05) is 0 Å². The summed E-state index contributed by atoms with van der Waals surface area (Å²) in [7, 11) is 2.93. The molecule has 3 N–H and O–H groups in total. The number of carbonyl (C=O) groups is 4. The van der Waals surface area contributed by atoms with Crippen LogP contribution in [0.4, 0.5) is 13.2 Å². The predicted octanol–water partition coefficient (Wildman–Crippen LogP) is 3.87. The van der Waals surface area contributed by atoms with Crippen molar-refractivity contribution in [1.82, 2.24) is 10.6 Å². The number of nitrogens with one attached hydrogen (secondary N) is 2. The number of halogens is 3. The van der Waals surface area contributed by atoms with Crippen LogP contribution in [0.3, 0.4) is 0 Å². The van der Waals surface area contributed by atoms with E-state index < -0.39 is 59.7 Å². The molecule has 0 saturated carbocycles. The van der Waals surface area contributed by atoms with Gasteiger partial charge in [-0.1, -0.05) is 32.0 Å². The molecular weight excluding hydrogens is 565 g/mol. The predicted molar refractivity (Wildman–Crippen MR) is 147 cm³/mol. The summed E-state index contributed by atoms with van der Waals surface area (Å²) in [6, 6.07) is 7.12. The Morgan fingerprint density at radius 3 is 2.29 bits per heavy atom. The van der Waals surface area contributed by atoms with Crippen LogP contribution in [0.1, 0.15) is 37.0 Å². The number of alkyl halides is 3.